The summed E-state index contributed by atoms with van der Waals surface area (Å²) < 4.78 is 13.9. The average Bonchev–Trinajstić information content (AvgIpc) is 2.79. The molecule has 0 N–H and O–H groups in total. The van der Waals surface area contributed by atoms with Gasteiger partial charge in [-0.1, -0.05) is 18.2 Å². The molecule has 5 nitrogen and oxygen atoms in total. The molecule has 0 radical (unpaired) electrons. The number of aromatic nitrogens is 2. The molecule has 0 spiro atoms. The van der Waals surface area contributed by atoms with Crippen molar-refractivity contribution in [2.24, 2.45) is 5.92 Å². The maximum absolute atomic E-state index is 13.9. The fourth-order valence-electron chi connectivity index (χ4n) is 4.44. The van der Waals surface area contributed by atoms with E-state index in [-0.39, 0.29) is 11.7 Å². The summed E-state index contributed by atoms with van der Waals surface area (Å²) in [5.41, 5.74) is 1.23. The lowest BCUT2D eigenvalue weighted by atomic mass is 9.91. The van der Waals surface area contributed by atoms with Crippen LogP contribution in [0.15, 0.2) is 36.7 Å². The van der Waals surface area contributed by atoms with Crippen LogP contribution in [0.1, 0.15) is 54.6 Å². The van der Waals surface area contributed by atoms with E-state index in [0.717, 1.165) is 76.1 Å². The number of amides is 1. The van der Waals surface area contributed by atoms with E-state index >= 15 is 0 Å². The summed E-state index contributed by atoms with van der Waals surface area (Å²) in [4.78, 5) is 25.8. The molecule has 2 saturated heterocycles. The number of nitrogens with zero attached hydrogens (tertiary/aromatic N) is 4. The molecule has 0 bridgehead atoms. The predicted molar refractivity (Wildman–Crippen MR) is 111 cm³/mol. The number of rotatable bonds is 5. The molecule has 1 atom stereocenters. The summed E-state index contributed by atoms with van der Waals surface area (Å²) in [5, 5.41) is 0. The maximum atomic E-state index is 13.9. The van der Waals surface area contributed by atoms with Gasteiger partial charge in [-0.15, -0.1) is 0 Å². The number of anilines is 1. The standard InChI is InChI=1S/C23H29FN4O/c24-20-9-3-2-8-19(20)11-10-18-7-6-14-28(17-18)22-16-25-15-21(26-22)23(29)27-12-4-1-5-13-27/h2-3,8-9,15-16,18H,1,4-7,10-14,17H2/t18-/m0/s1. The van der Waals surface area contributed by atoms with Crippen molar-refractivity contribution in [3.8, 4) is 0 Å². The van der Waals surface area contributed by atoms with Crippen molar-refractivity contribution in [2.75, 3.05) is 31.1 Å². The van der Waals surface area contributed by atoms with Crippen molar-refractivity contribution < 1.29 is 9.18 Å². The molecule has 0 saturated carbocycles. The highest BCUT2D eigenvalue weighted by Gasteiger charge is 2.24. The minimum absolute atomic E-state index is 0.00726. The third kappa shape index (κ3) is 4.92. The molecular formula is C23H29FN4O. The summed E-state index contributed by atoms with van der Waals surface area (Å²) in [5.74, 6) is 1.15. The lowest BCUT2D eigenvalue weighted by molar-refractivity contribution is 0.0718. The van der Waals surface area contributed by atoms with Crippen LogP contribution in [0.25, 0.3) is 0 Å². The minimum atomic E-state index is -0.116. The number of benzene rings is 1. The quantitative estimate of drug-likeness (QED) is 0.764. The highest BCUT2D eigenvalue weighted by atomic mass is 19.1. The van der Waals surface area contributed by atoms with Gasteiger partial charge < -0.3 is 9.80 Å². The Morgan fingerprint density at radius 2 is 1.90 bits per heavy atom. The van der Waals surface area contributed by atoms with Gasteiger partial charge >= 0.3 is 0 Å². The molecule has 2 aliphatic heterocycles. The van der Waals surface area contributed by atoms with Gasteiger partial charge in [0.1, 0.15) is 17.3 Å². The van der Waals surface area contributed by atoms with Gasteiger partial charge in [0.2, 0.25) is 0 Å². The summed E-state index contributed by atoms with van der Waals surface area (Å²) in [6, 6.07) is 7.03. The van der Waals surface area contributed by atoms with Crippen LogP contribution in [-0.4, -0.2) is 47.0 Å². The third-order valence-electron chi connectivity index (χ3n) is 6.11. The Balaban J connectivity index is 1.39. The molecule has 29 heavy (non-hydrogen) atoms. The Morgan fingerprint density at radius 3 is 2.72 bits per heavy atom. The van der Waals surface area contributed by atoms with Crippen LogP contribution in [0.4, 0.5) is 10.2 Å². The smallest absolute Gasteiger partial charge is 0.274 e. The number of carbonyl (C=O) groups is 1. The van der Waals surface area contributed by atoms with Crippen LogP contribution < -0.4 is 4.90 Å². The second kappa shape index (κ2) is 9.33. The topological polar surface area (TPSA) is 49.3 Å². The molecule has 1 aromatic heterocycles. The first-order chi connectivity index (χ1) is 14.2. The highest BCUT2D eigenvalue weighted by Crippen LogP contribution is 2.25. The van der Waals surface area contributed by atoms with E-state index < -0.39 is 0 Å². The molecule has 154 valence electrons. The second-order valence-corrected chi connectivity index (χ2v) is 8.20. The van der Waals surface area contributed by atoms with Crippen LogP contribution in [0, 0.1) is 11.7 Å². The van der Waals surface area contributed by atoms with Crippen molar-refractivity contribution in [2.45, 2.75) is 44.9 Å². The van der Waals surface area contributed by atoms with Gasteiger partial charge in [0.25, 0.3) is 5.91 Å². The number of likely N-dealkylation sites (tertiary alicyclic amines) is 1. The van der Waals surface area contributed by atoms with Crippen LogP contribution in [0.2, 0.25) is 0 Å². The molecule has 0 aliphatic carbocycles. The van der Waals surface area contributed by atoms with E-state index in [1.165, 1.54) is 12.5 Å². The van der Waals surface area contributed by atoms with Gasteiger partial charge in [-0.2, -0.15) is 0 Å². The van der Waals surface area contributed by atoms with E-state index in [1.807, 2.05) is 17.0 Å². The zero-order valence-corrected chi connectivity index (χ0v) is 16.9. The Bertz CT molecular complexity index is 837. The lowest BCUT2D eigenvalue weighted by Crippen LogP contribution is -2.38. The molecular weight excluding hydrogens is 367 g/mol. The minimum Gasteiger partial charge on any atom is -0.355 e. The van der Waals surface area contributed by atoms with Crippen molar-refractivity contribution in [3.63, 3.8) is 0 Å². The molecule has 2 aromatic rings. The zero-order valence-electron chi connectivity index (χ0n) is 16.9. The van der Waals surface area contributed by atoms with Crippen molar-refractivity contribution >= 4 is 11.7 Å². The number of hydrogen-bond donors (Lipinski definition) is 0. The fourth-order valence-corrected chi connectivity index (χ4v) is 4.44. The summed E-state index contributed by atoms with van der Waals surface area (Å²) in [6.07, 6.45) is 10.6. The Hall–Kier alpha value is -2.50. The van der Waals surface area contributed by atoms with Gasteiger partial charge in [0.15, 0.2) is 0 Å². The normalized spacial score (nSPS) is 20.0. The Kier molecular flexibility index (Phi) is 6.37. The first-order valence-corrected chi connectivity index (χ1v) is 10.8. The number of aryl methyl sites for hydroxylation is 1. The van der Waals surface area contributed by atoms with Gasteiger partial charge in [-0.3, -0.25) is 9.78 Å². The SMILES string of the molecule is O=C(c1cncc(N2CCC[C@@H](CCc3ccccc3F)C2)n1)N1CCCCC1. The van der Waals surface area contributed by atoms with E-state index in [4.69, 9.17) is 0 Å². The number of carbonyl (C=O) groups excluding carboxylic acids is 1. The highest BCUT2D eigenvalue weighted by molar-refractivity contribution is 5.92. The van der Waals surface area contributed by atoms with Crippen LogP contribution in [-0.2, 0) is 6.42 Å². The van der Waals surface area contributed by atoms with E-state index in [1.54, 1.807) is 18.5 Å². The first-order valence-electron chi connectivity index (χ1n) is 10.8. The maximum Gasteiger partial charge on any atom is 0.274 e. The van der Waals surface area contributed by atoms with Gasteiger partial charge in [0, 0.05) is 26.2 Å². The Labute approximate surface area is 172 Å². The second-order valence-electron chi connectivity index (χ2n) is 8.20. The van der Waals surface area contributed by atoms with Gasteiger partial charge in [-0.25, -0.2) is 9.37 Å². The van der Waals surface area contributed by atoms with E-state index in [9.17, 15) is 9.18 Å². The molecule has 6 heteroatoms. The largest absolute Gasteiger partial charge is 0.355 e. The fraction of sp³-hybridized carbons (Fsp3) is 0.522. The predicted octanol–water partition coefficient (Wildman–Crippen LogP) is 4.09. The summed E-state index contributed by atoms with van der Waals surface area (Å²) in [6.45, 7) is 3.43. The van der Waals surface area contributed by atoms with Gasteiger partial charge in [-0.05, 0) is 62.5 Å². The molecule has 1 aromatic carbocycles. The van der Waals surface area contributed by atoms with Crippen LogP contribution in [0.3, 0.4) is 0 Å². The number of halogens is 1. The van der Waals surface area contributed by atoms with E-state index in [2.05, 4.69) is 14.9 Å². The lowest BCUT2D eigenvalue weighted by Gasteiger charge is -2.34. The van der Waals surface area contributed by atoms with E-state index in [0.29, 0.717) is 11.6 Å². The van der Waals surface area contributed by atoms with Crippen LogP contribution >= 0.6 is 0 Å². The summed E-state index contributed by atoms with van der Waals surface area (Å²) >= 11 is 0. The number of hydrogen-bond acceptors (Lipinski definition) is 4. The molecule has 3 heterocycles. The monoisotopic (exact) mass is 396 g/mol. The third-order valence-corrected chi connectivity index (χ3v) is 6.11. The molecule has 2 fully saturated rings. The van der Waals surface area contributed by atoms with Crippen molar-refractivity contribution in [3.05, 3.63) is 53.7 Å². The molecule has 1 amide bonds. The first kappa shape index (κ1) is 19.8. The van der Waals surface area contributed by atoms with Crippen LogP contribution in [0.5, 0.6) is 0 Å². The molecule has 0 unspecified atom stereocenters. The number of piperidine rings is 2. The zero-order chi connectivity index (χ0) is 20.1. The van der Waals surface area contributed by atoms with Gasteiger partial charge in [0.05, 0.1) is 12.4 Å². The Morgan fingerprint density at radius 1 is 1.07 bits per heavy atom. The average molecular weight is 397 g/mol. The summed E-state index contributed by atoms with van der Waals surface area (Å²) in [7, 11) is 0. The van der Waals surface area contributed by atoms with Crippen molar-refractivity contribution in [1.29, 1.82) is 0 Å². The van der Waals surface area contributed by atoms with Crippen molar-refractivity contribution in [1.82, 2.24) is 14.9 Å². The molecule has 4 rings (SSSR count). The molecule has 2 aliphatic rings.